The summed E-state index contributed by atoms with van der Waals surface area (Å²) < 4.78 is 0. The van der Waals surface area contributed by atoms with E-state index in [4.69, 9.17) is 0 Å². The van der Waals surface area contributed by atoms with Gasteiger partial charge in [0.05, 0.1) is 5.69 Å². The van der Waals surface area contributed by atoms with E-state index in [1.165, 1.54) is 19.0 Å². The van der Waals surface area contributed by atoms with Gasteiger partial charge < -0.3 is 10.0 Å². The number of carboxylic acids is 1. The van der Waals surface area contributed by atoms with Crippen molar-refractivity contribution in [1.82, 2.24) is 4.98 Å². The minimum Gasteiger partial charge on any atom is -0.478 e. The van der Waals surface area contributed by atoms with Crippen LogP contribution in [-0.4, -0.2) is 28.6 Å². The third kappa shape index (κ3) is 3.25. The van der Waals surface area contributed by atoms with Gasteiger partial charge >= 0.3 is 5.97 Å². The van der Waals surface area contributed by atoms with E-state index < -0.39 is 5.97 Å². The van der Waals surface area contributed by atoms with Gasteiger partial charge in [0.25, 0.3) is 0 Å². The van der Waals surface area contributed by atoms with Crippen LogP contribution < -0.4 is 4.90 Å². The Kier molecular flexibility index (Phi) is 4.40. The number of hydrogen-bond acceptors (Lipinski definition) is 3. The lowest BCUT2D eigenvalue weighted by Gasteiger charge is -2.33. The van der Waals surface area contributed by atoms with Crippen molar-refractivity contribution < 1.29 is 9.90 Å². The lowest BCUT2D eigenvalue weighted by Crippen LogP contribution is -2.37. The van der Waals surface area contributed by atoms with E-state index in [0.29, 0.717) is 17.5 Å². The van der Waals surface area contributed by atoms with Crippen molar-refractivity contribution in [3.8, 4) is 0 Å². The Labute approximate surface area is 114 Å². The second-order valence-electron chi connectivity index (χ2n) is 5.68. The van der Waals surface area contributed by atoms with Crippen LogP contribution in [0.5, 0.6) is 0 Å². The Morgan fingerprint density at radius 1 is 1.47 bits per heavy atom. The fourth-order valence-electron chi connectivity index (χ4n) is 2.86. The summed E-state index contributed by atoms with van der Waals surface area (Å²) in [5.41, 5.74) is 1.14. The van der Waals surface area contributed by atoms with E-state index in [0.717, 1.165) is 25.1 Å². The molecule has 4 nitrogen and oxygen atoms in total. The van der Waals surface area contributed by atoms with Gasteiger partial charge in [-0.1, -0.05) is 26.7 Å². The molecule has 104 valence electrons. The van der Waals surface area contributed by atoms with E-state index in [9.17, 15) is 9.90 Å². The molecule has 19 heavy (non-hydrogen) atoms. The molecule has 1 aromatic heterocycles. The first kappa shape index (κ1) is 13.8. The van der Waals surface area contributed by atoms with Gasteiger partial charge in [-0.25, -0.2) is 4.79 Å². The van der Waals surface area contributed by atoms with Crippen molar-refractivity contribution in [1.29, 1.82) is 0 Å². The molecular formula is C15H22N2O2. The summed E-state index contributed by atoms with van der Waals surface area (Å²) in [5.74, 6) is -0.384. The van der Waals surface area contributed by atoms with Crippen LogP contribution in [0.1, 0.15) is 49.9 Å². The molecule has 0 radical (unpaired) electrons. The van der Waals surface area contributed by atoms with Gasteiger partial charge in [-0.3, -0.25) is 4.98 Å². The molecule has 1 heterocycles. The number of anilines is 1. The Morgan fingerprint density at radius 2 is 2.16 bits per heavy atom. The van der Waals surface area contributed by atoms with Crippen LogP contribution in [-0.2, 0) is 0 Å². The molecule has 4 heteroatoms. The summed E-state index contributed by atoms with van der Waals surface area (Å²) in [7, 11) is 0. The third-order valence-corrected chi connectivity index (χ3v) is 3.67. The van der Waals surface area contributed by atoms with Gasteiger partial charge in [-0.05, 0) is 24.8 Å². The third-order valence-electron chi connectivity index (χ3n) is 3.67. The fourth-order valence-corrected chi connectivity index (χ4v) is 2.86. The summed E-state index contributed by atoms with van der Waals surface area (Å²) >= 11 is 0. The average Bonchev–Trinajstić information content (AvgIpc) is 2.89. The molecular weight excluding hydrogens is 240 g/mol. The molecule has 1 aliphatic rings. The van der Waals surface area contributed by atoms with Gasteiger partial charge in [-0.15, -0.1) is 0 Å². The molecule has 1 saturated carbocycles. The first-order chi connectivity index (χ1) is 9.09. The SMILES string of the molecule is CC(C)CN(c1ccncc1C(=O)O)C1CCCC1. The highest BCUT2D eigenvalue weighted by Gasteiger charge is 2.26. The van der Waals surface area contributed by atoms with Crippen molar-refractivity contribution in [3.05, 3.63) is 24.0 Å². The zero-order chi connectivity index (χ0) is 13.8. The molecule has 0 unspecified atom stereocenters. The minimum absolute atomic E-state index is 0.315. The number of aromatic carboxylic acids is 1. The molecule has 1 N–H and O–H groups in total. The first-order valence-corrected chi connectivity index (χ1v) is 7.03. The van der Waals surface area contributed by atoms with E-state index in [1.807, 2.05) is 6.07 Å². The molecule has 0 atom stereocenters. The van der Waals surface area contributed by atoms with Crippen molar-refractivity contribution in [2.45, 2.75) is 45.6 Å². The number of rotatable bonds is 5. The number of carboxylic acid groups (broad SMARTS) is 1. The van der Waals surface area contributed by atoms with E-state index in [2.05, 4.69) is 23.7 Å². The largest absolute Gasteiger partial charge is 0.478 e. The van der Waals surface area contributed by atoms with E-state index in [-0.39, 0.29) is 0 Å². The van der Waals surface area contributed by atoms with Gasteiger partial charge in [0.2, 0.25) is 0 Å². The molecule has 0 aliphatic heterocycles. The summed E-state index contributed by atoms with van der Waals surface area (Å²) in [5, 5.41) is 9.32. The van der Waals surface area contributed by atoms with Crippen LogP contribution >= 0.6 is 0 Å². The predicted molar refractivity (Wildman–Crippen MR) is 75.6 cm³/mol. The standard InChI is InChI=1S/C15H22N2O2/c1-11(2)10-17(12-5-3-4-6-12)14-7-8-16-9-13(14)15(18)19/h7-9,11-12H,3-6,10H2,1-2H3,(H,18,19). The normalized spacial score (nSPS) is 15.9. The molecule has 1 aromatic rings. The minimum atomic E-state index is -0.894. The van der Waals surface area contributed by atoms with Gasteiger partial charge in [0.15, 0.2) is 0 Å². The predicted octanol–water partition coefficient (Wildman–Crippen LogP) is 3.18. The highest BCUT2D eigenvalue weighted by molar-refractivity contribution is 5.94. The highest BCUT2D eigenvalue weighted by atomic mass is 16.4. The summed E-state index contributed by atoms with van der Waals surface area (Å²) in [4.78, 5) is 17.6. The summed E-state index contributed by atoms with van der Waals surface area (Å²) in [6.45, 7) is 5.24. The van der Waals surface area contributed by atoms with Crippen LogP contribution in [0.15, 0.2) is 18.5 Å². The van der Waals surface area contributed by atoms with Crippen molar-refractivity contribution in [2.24, 2.45) is 5.92 Å². The molecule has 0 amide bonds. The topological polar surface area (TPSA) is 53.4 Å². The number of pyridine rings is 1. The average molecular weight is 262 g/mol. The molecule has 2 rings (SSSR count). The number of aromatic nitrogens is 1. The maximum Gasteiger partial charge on any atom is 0.339 e. The number of nitrogens with zero attached hydrogens (tertiary/aromatic N) is 2. The highest BCUT2D eigenvalue weighted by Crippen LogP contribution is 2.30. The Bertz CT molecular complexity index is 440. The van der Waals surface area contributed by atoms with Gasteiger partial charge in [-0.2, -0.15) is 0 Å². The van der Waals surface area contributed by atoms with Crippen LogP contribution in [0.4, 0.5) is 5.69 Å². The summed E-state index contributed by atoms with van der Waals surface area (Å²) in [6, 6.07) is 2.31. The lowest BCUT2D eigenvalue weighted by molar-refractivity contribution is 0.0697. The monoisotopic (exact) mass is 262 g/mol. The number of carbonyl (C=O) groups is 1. The van der Waals surface area contributed by atoms with Crippen molar-refractivity contribution in [3.63, 3.8) is 0 Å². The zero-order valence-corrected chi connectivity index (χ0v) is 11.7. The maximum atomic E-state index is 11.4. The maximum absolute atomic E-state index is 11.4. The van der Waals surface area contributed by atoms with Crippen molar-refractivity contribution in [2.75, 3.05) is 11.4 Å². The lowest BCUT2D eigenvalue weighted by atomic mass is 10.1. The van der Waals surface area contributed by atoms with Gasteiger partial charge in [0.1, 0.15) is 5.56 Å². The molecule has 0 bridgehead atoms. The van der Waals surface area contributed by atoms with Gasteiger partial charge in [0, 0.05) is 25.0 Å². The Hall–Kier alpha value is -1.58. The van der Waals surface area contributed by atoms with Crippen LogP contribution in [0, 0.1) is 5.92 Å². The Balaban J connectivity index is 2.34. The molecule has 0 saturated heterocycles. The Morgan fingerprint density at radius 3 is 2.74 bits per heavy atom. The second-order valence-corrected chi connectivity index (χ2v) is 5.68. The summed E-state index contributed by atoms with van der Waals surface area (Å²) in [6.07, 6.45) is 7.95. The second kappa shape index (κ2) is 6.04. The van der Waals surface area contributed by atoms with Crippen LogP contribution in [0.25, 0.3) is 0 Å². The van der Waals surface area contributed by atoms with Crippen LogP contribution in [0.3, 0.4) is 0 Å². The first-order valence-electron chi connectivity index (χ1n) is 7.03. The zero-order valence-electron chi connectivity index (χ0n) is 11.7. The quantitative estimate of drug-likeness (QED) is 0.885. The molecule has 1 fully saturated rings. The molecule has 1 aliphatic carbocycles. The van der Waals surface area contributed by atoms with Crippen LogP contribution in [0.2, 0.25) is 0 Å². The smallest absolute Gasteiger partial charge is 0.339 e. The van der Waals surface area contributed by atoms with E-state index in [1.54, 1.807) is 6.20 Å². The van der Waals surface area contributed by atoms with E-state index >= 15 is 0 Å². The fraction of sp³-hybridized carbons (Fsp3) is 0.600. The van der Waals surface area contributed by atoms with Crippen molar-refractivity contribution >= 4 is 11.7 Å². The molecule has 0 aromatic carbocycles. The molecule has 0 spiro atoms. The number of hydrogen-bond donors (Lipinski definition) is 1.